The predicted octanol–water partition coefficient (Wildman–Crippen LogP) is 2.00. The third-order valence-corrected chi connectivity index (χ3v) is 4.06. The number of aliphatic hydroxyl groups excluding tert-OH is 1. The van der Waals surface area contributed by atoms with Crippen LogP contribution in [0, 0.1) is 16.7 Å². The summed E-state index contributed by atoms with van der Waals surface area (Å²) in [4.78, 5) is 0. The number of methoxy groups -OCH3 is 1. The molecule has 4 heteroatoms. The van der Waals surface area contributed by atoms with Crippen LogP contribution >= 0.6 is 0 Å². The van der Waals surface area contributed by atoms with E-state index < -0.39 is 6.10 Å². The van der Waals surface area contributed by atoms with Crippen molar-refractivity contribution < 1.29 is 9.84 Å². The lowest BCUT2D eigenvalue weighted by Crippen LogP contribution is -2.29. The standard InChI is InChI=1S/C16H22N2O2/c1-20-9-8-16(6-7-16)12-18-11-15(19)14-4-2-13(10-17)3-5-14/h2-5,15,18-19H,6-9,11-12H2,1H3. The molecule has 108 valence electrons. The van der Waals surface area contributed by atoms with Crippen LogP contribution in [0.25, 0.3) is 0 Å². The molecular formula is C16H22N2O2. The summed E-state index contributed by atoms with van der Waals surface area (Å²) < 4.78 is 5.13. The van der Waals surface area contributed by atoms with Gasteiger partial charge < -0.3 is 15.2 Å². The molecule has 0 saturated heterocycles. The molecule has 1 unspecified atom stereocenters. The van der Waals surface area contributed by atoms with Gasteiger partial charge in [0, 0.05) is 26.8 Å². The lowest BCUT2D eigenvalue weighted by molar-refractivity contribution is 0.158. The van der Waals surface area contributed by atoms with Crippen molar-refractivity contribution in [2.45, 2.75) is 25.4 Å². The van der Waals surface area contributed by atoms with E-state index in [2.05, 4.69) is 11.4 Å². The molecule has 1 atom stereocenters. The zero-order valence-corrected chi connectivity index (χ0v) is 11.9. The number of rotatable bonds is 8. The molecule has 1 aliphatic carbocycles. The van der Waals surface area contributed by atoms with Crippen LogP contribution in [0.1, 0.15) is 36.5 Å². The van der Waals surface area contributed by atoms with E-state index in [0.29, 0.717) is 17.5 Å². The van der Waals surface area contributed by atoms with Crippen LogP contribution in [0.4, 0.5) is 0 Å². The Morgan fingerprint density at radius 3 is 2.65 bits per heavy atom. The van der Waals surface area contributed by atoms with Gasteiger partial charge in [-0.05, 0) is 42.4 Å². The van der Waals surface area contributed by atoms with Crippen molar-refractivity contribution >= 4 is 0 Å². The number of nitrogens with one attached hydrogen (secondary N) is 1. The maximum atomic E-state index is 10.1. The topological polar surface area (TPSA) is 65.3 Å². The van der Waals surface area contributed by atoms with Gasteiger partial charge in [0.15, 0.2) is 0 Å². The third-order valence-electron chi connectivity index (χ3n) is 4.06. The Bertz CT molecular complexity index is 460. The number of benzene rings is 1. The Labute approximate surface area is 120 Å². The molecule has 1 saturated carbocycles. The number of nitriles is 1. The average molecular weight is 274 g/mol. The van der Waals surface area contributed by atoms with Gasteiger partial charge in [0.25, 0.3) is 0 Å². The normalized spacial score (nSPS) is 17.4. The summed E-state index contributed by atoms with van der Waals surface area (Å²) in [6.45, 7) is 2.28. The van der Waals surface area contributed by atoms with Crippen LogP contribution in [0.15, 0.2) is 24.3 Å². The molecule has 1 aromatic rings. The molecule has 4 nitrogen and oxygen atoms in total. The van der Waals surface area contributed by atoms with Crippen molar-refractivity contribution in [2.75, 3.05) is 26.8 Å². The van der Waals surface area contributed by atoms with Crippen molar-refractivity contribution in [3.63, 3.8) is 0 Å². The summed E-state index contributed by atoms with van der Waals surface area (Å²) in [5.41, 5.74) is 1.85. The fourth-order valence-corrected chi connectivity index (χ4v) is 2.38. The maximum absolute atomic E-state index is 10.1. The first kappa shape index (κ1) is 15.0. The molecule has 0 spiro atoms. The average Bonchev–Trinajstić information content (AvgIpc) is 3.25. The van der Waals surface area contributed by atoms with E-state index >= 15 is 0 Å². The van der Waals surface area contributed by atoms with Gasteiger partial charge in [-0.15, -0.1) is 0 Å². The van der Waals surface area contributed by atoms with E-state index in [1.807, 2.05) is 12.1 Å². The Kier molecular flexibility index (Phi) is 5.13. The van der Waals surface area contributed by atoms with E-state index in [0.717, 1.165) is 25.1 Å². The minimum Gasteiger partial charge on any atom is -0.387 e. The molecule has 1 aromatic carbocycles. The van der Waals surface area contributed by atoms with Gasteiger partial charge in [-0.3, -0.25) is 0 Å². The van der Waals surface area contributed by atoms with Crippen molar-refractivity contribution in [3.8, 4) is 6.07 Å². The second kappa shape index (κ2) is 6.85. The molecule has 0 bridgehead atoms. The van der Waals surface area contributed by atoms with E-state index in [4.69, 9.17) is 10.00 Å². The summed E-state index contributed by atoms with van der Waals surface area (Å²) >= 11 is 0. The molecule has 1 aliphatic rings. The summed E-state index contributed by atoms with van der Waals surface area (Å²) in [5.74, 6) is 0. The lowest BCUT2D eigenvalue weighted by atomic mass is 10.0. The highest BCUT2D eigenvalue weighted by molar-refractivity contribution is 5.32. The van der Waals surface area contributed by atoms with E-state index in [1.165, 1.54) is 12.8 Å². The summed E-state index contributed by atoms with van der Waals surface area (Å²) in [6.07, 6.45) is 3.05. The Morgan fingerprint density at radius 2 is 2.10 bits per heavy atom. The quantitative estimate of drug-likeness (QED) is 0.761. The summed E-state index contributed by atoms with van der Waals surface area (Å²) in [7, 11) is 1.73. The number of hydrogen-bond acceptors (Lipinski definition) is 4. The minimum atomic E-state index is -0.527. The van der Waals surface area contributed by atoms with Gasteiger partial charge >= 0.3 is 0 Å². The second-order valence-electron chi connectivity index (χ2n) is 5.62. The number of ether oxygens (including phenoxy) is 1. The fourth-order valence-electron chi connectivity index (χ4n) is 2.38. The van der Waals surface area contributed by atoms with Crippen molar-refractivity contribution in [2.24, 2.45) is 5.41 Å². The van der Waals surface area contributed by atoms with Crippen LogP contribution in [0.5, 0.6) is 0 Å². The first-order valence-corrected chi connectivity index (χ1v) is 7.07. The highest BCUT2D eigenvalue weighted by Gasteiger charge is 2.41. The maximum Gasteiger partial charge on any atom is 0.0991 e. The predicted molar refractivity (Wildman–Crippen MR) is 77.1 cm³/mol. The van der Waals surface area contributed by atoms with Gasteiger partial charge in [-0.1, -0.05) is 12.1 Å². The molecule has 2 rings (SSSR count). The molecule has 0 aromatic heterocycles. The van der Waals surface area contributed by atoms with Gasteiger partial charge in [0.05, 0.1) is 17.7 Å². The number of nitrogens with zero attached hydrogens (tertiary/aromatic N) is 1. The summed E-state index contributed by atoms with van der Waals surface area (Å²) in [6, 6.07) is 9.16. The minimum absolute atomic E-state index is 0.389. The van der Waals surface area contributed by atoms with E-state index in [-0.39, 0.29) is 0 Å². The van der Waals surface area contributed by atoms with Crippen LogP contribution in [0.3, 0.4) is 0 Å². The highest BCUT2D eigenvalue weighted by atomic mass is 16.5. The molecule has 0 aliphatic heterocycles. The zero-order chi connectivity index (χ0) is 14.4. The zero-order valence-electron chi connectivity index (χ0n) is 11.9. The number of hydrogen-bond donors (Lipinski definition) is 2. The van der Waals surface area contributed by atoms with Crippen LogP contribution in [-0.4, -0.2) is 31.9 Å². The van der Waals surface area contributed by atoms with Crippen molar-refractivity contribution in [1.82, 2.24) is 5.32 Å². The Balaban J connectivity index is 1.75. The van der Waals surface area contributed by atoms with E-state index in [9.17, 15) is 5.11 Å². The van der Waals surface area contributed by atoms with Crippen LogP contribution in [0.2, 0.25) is 0 Å². The first-order chi connectivity index (χ1) is 9.69. The van der Waals surface area contributed by atoms with Gasteiger partial charge in [-0.2, -0.15) is 5.26 Å². The highest BCUT2D eigenvalue weighted by Crippen LogP contribution is 2.48. The second-order valence-corrected chi connectivity index (χ2v) is 5.62. The molecule has 0 radical (unpaired) electrons. The molecule has 2 N–H and O–H groups in total. The summed E-state index contributed by atoms with van der Waals surface area (Å²) in [5, 5.41) is 22.2. The Hall–Kier alpha value is -1.41. The van der Waals surface area contributed by atoms with Crippen LogP contribution < -0.4 is 5.32 Å². The smallest absolute Gasteiger partial charge is 0.0991 e. The lowest BCUT2D eigenvalue weighted by Gasteiger charge is -2.18. The SMILES string of the molecule is COCCC1(CNCC(O)c2ccc(C#N)cc2)CC1. The third kappa shape index (κ3) is 4.04. The van der Waals surface area contributed by atoms with Crippen LogP contribution in [-0.2, 0) is 4.74 Å². The Morgan fingerprint density at radius 1 is 1.40 bits per heavy atom. The largest absolute Gasteiger partial charge is 0.387 e. The van der Waals surface area contributed by atoms with E-state index in [1.54, 1.807) is 19.2 Å². The van der Waals surface area contributed by atoms with Crippen molar-refractivity contribution in [1.29, 1.82) is 5.26 Å². The van der Waals surface area contributed by atoms with Crippen molar-refractivity contribution in [3.05, 3.63) is 35.4 Å². The molecular weight excluding hydrogens is 252 g/mol. The molecule has 0 heterocycles. The molecule has 0 amide bonds. The molecule has 1 fully saturated rings. The number of aliphatic hydroxyl groups is 1. The fraction of sp³-hybridized carbons (Fsp3) is 0.562. The molecule has 20 heavy (non-hydrogen) atoms. The van der Waals surface area contributed by atoms with Gasteiger partial charge in [0.1, 0.15) is 0 Å². The first-order valence-electron chi connectivity index (χ1n) is 7.07. The monoisotopic (exact) mass is 274 g/mol. The van der Waals surface area contributed by atoms with Gasteiger partial charge in [0.2, 0.25) is 0 Å². The van der Waals surface area contributed by atoms with Gasteiger partial charge in [-0.25, -0.2) is 0 Å².